The number of rotatable bonds is 8. The summed E-state index contributed by atoms with van der Waals surface area (Å²) < 4.78 is 1.97. The molecule has 2 amide bonds. The fourth-order valence-electron chi connectivity index (χ4n) is 3.37. The van der Waals surface area contributed by atoms with Gasteiger partial charge in [0.25, 0.3) is 0 Å². The molecule has 7 heteroatoms. The third kappa shape index (κ3) is 6.34. The van der Waals surface area contributed by atoms with Gasteiger partial charge in [-0.2, -0.15) is 0 Å². The molecule has 1 aromatic carbocycles. The van der Waals surface area contributed by atoms with Gasteiger partial charge in [-0.15, -0.1) is 0 Å². The number of carbonyl (C=O) groups is 3. The van der Waals surface area contributed by atoms with Gasteiger partial charge in [-0.3, -0.25) is 9.59 Å². The maximum absolute atomic E-state index is 12.9. The Morgan fingerprint density at radius 3 is 2.34 bits per heavy atom. The lowest BCUT2D eigenvalue weighted by atomic mass is 9.88. The second-order valence-corrected chi connectivity index (χ2v) is 8.74. The van der Waals surface area contributed by atoms with Gasteiger partial charge in [0.2, 0.25) is 11.8 Å². The topological polar surface area (TPSA) is 100 Å². The van der Waals surface area contributed by atoms with Crippen LogP contribution in [0.15, 0.2) is 30.5 Å². The van der Waals surface area contributed by atoms with Crippen LogP contribution in [0.25, 0.3) is 10.9 Å². The lowest BCUT2D eigenvalue weighted by molar-refractivity contribution is -0.142. The molecule has 0 aliphatic heterocycles. The van der Waals surface area contributed by atoms with Crippen LogP contribution in [0.3, 0.4) is 0 Å². The van der Waals surface area contributed by atoms with Crippen molar-refractivity contribution in [3.05, 3.63) is 36.0 Å². The molecule has 0 saturated heterocycles. The number of aliphatic carboxylic acids is 1. The van der Waals surface area contributed by atoms with Crippen LogP contribution in [-0.4, -0.2) is 39.5 Å². The van der Waals surface area contributed by atoms with Crippen molar-refractivity contribution in [2.45, 2.75) is 59.0 Å². The maximum atomic E-state index is 12.9. The highest BCUT2D eigenvalue weighted by molar-refractivity contribution is 5.91. The van der Waals surface area contributed by atoms with E-state index in [-0.39, 0.29) is 17.7 Å². The number of para-hydroxylation sites is 1. The van der Waals surface area contributed by atoms with Crippen LogP contribution in [0.2, 0.25) is 0 Å². The molecule has 0 saturated carbocycles. The first kappa shape index (κ1) is 22.5. The summed E-state index contributed by atoms with van der Waals surface area (Å²) >= 11 is 0. The molecule has 0 aliphatic rings. The molecule has 3 N–H and O–H groups in total. The Bertz CT molecular complexity index is 895. The molecule has 2 aromatic rings. The van der Waals surface area contributed by atoms with Crippen molar-refractivity contribution in [1.29, 1.82) is 0 Å². The van der Waals surface area contributed by atoms with Crippen molar-refractivity contribution in [2.75, 3.05) is 0 Å². The van der Waals surface area contributed by atoms with Gasteiger partial charge < -0.3 is 20.3 Å². The van der Waals surface area contributed by atoms with E-state index in [0.29, 0.717) is 12.8 Å². The number of aryl methyl sites for hydroxylation is 1. The highest BCUT2D eigenvalue weighted by Crippen LogP contribution is 2.23. The summed E-state index contributed by atoms with van der Waals surface area (Å²) in [5, 5.41) is 15.8. The molecule has 29 heavy (non-hydrogen) atoms. The molecule has 2 atom stereocenters. The largest absolute Gasteiger partial charge is 0.480 e. The lowest BCUT2D eigenvalue weighted by Crippen LogP contribution is -2.52. The number of carbonyl (C=O) groups excluding carboxylic acids is 2. The van der Waals surface area contributed by atoms with Gasteiger partial charge in [0.1, 0.15) is 12.1 Å². The molecular weight excluding hydrogens is 370 g/mol. The zero-order valence-electron chi connectivity index (χ0n) is 17.8. The standard InChI is InChI=1S/C22H31N3O4/c1-14(26)23-18(12-15-13-25(5)19-9-7-6-8-16(15)19)20(27)24-17(21(28)29)10-11-22(2,3)4/h6-9,13,17-18H,10-12H2,1-5H3,(H,23,26)(H,24,27)(H,28,29). The van der Waals surface area contributed by atoms with E-state index in [4.69, 9.17) is 0 Å². The van der Waals surface area contributed by atoms with E-state index in [1.165, 1.54) is 6.92 Å². The van der Waals surface area contributed by atoms with Crippen LogP contribution in [-0.2, 0) is 27.9 Å². The fourth-order valence-corrected chi connectivity index (χ4v) is 3.37. The third-order valence-corrected chi connectivity index (χ3v) is 4.90. The number of nitrogens with zero attached hydrogens (tertiary/aromatic N) is 1. The second kappa shape index (κ2) is 9.11. The van der Waals surface area contributed by atoms with Gasteiger partial charge in [-0.1, -0.05) is 39.0 Å². The first-order chi connectivity index (χ1) is 13.5. The first-order valence-electron chi connectivity index (χ1n) is 9.81. The van der Waals surface area contributed by atoms with Crippen molar-refractivity contribution in [1.82, 2.24) is 15.2 Å². The van der Waals surface area contributed by atoms with E-state index in [2.05, 4.69) is 10.6 Å². The summed E-state index contributed by atoms with van der Waals surface area (Å²) in [6.45, 7) is 7.41. The highest BCUT2D eigenvalue weighted by Gasteiger charge is 2.28. The Hall–Kier alpha value is -2.83. The minimum atomic E-state index is -1.07. The summed E-state index contributed by atoms with van der Waals surface area (Å²) in [5.41, 5.74) is 1.90. The molecule has 1 aromatic heterocycles. The number of nitrogens with one attached hydrogen (secondary N) is 2. The Labute approximate surface area is 171 Å². The number of amides is 2. The summed E-state index contributed by atoms with van der Waals surface area (Å²) in [5.74, 6) is -1.91. The zero-order valence-corrected chi connectivity index (χ0v) is 17.8. The summed E-state index contributed by atoms with van der Waals surface area (Å²) in [6, 6.07) is 5.97. The SMILES string of the molecule is CC(=O)NC(Cc1cn(C)c2ccccc12)C(=O)NC(CCC(C)(C)C)C(=O)O. The normalized spacial score (nSPS) is 13.7. The quantitative estimate of drug-likeness (QED) is 0.633. The van der Waals surface area contributed by atoms with Crippen molar-refractivity contribution in [3.8, 4) is 0 Å². The number of carboxylic acids is 1. The number of aromatic nitrogens is 1. The fraction of sp³-hybridized carbons (Fsp3) is 0.500. The number of hydrogen-bond donors (Lipinski definition) is 3. The van der Waals surface area contributed by atoms with E-state index in [0.717, 1.165) is 16.5 Å². The van der Waals surface area contributed by atoms with Gasteiger partial charge in [-0.05, 0) is 29.9 Å². The predicted octanol–water partition coefficient (Wildman–Crippen LogP) is 2.62. The average Bonchev–Trinajstić information content (AvgIpc) is 2.92. The van der Waals surface area contributed by atoms with Crippen molar-refractivity contribution < 1.29 is 19.5 Å². The third-order valence-electron chi connectivity index (χ3n) is 4.90. The first-order valence-corrected chi connectivity index (χ1v) is 9.81. The smallest absolute Gasteiger partial charge is 0.326 e. The monoisotopic (exact) mass is 401 g/mol. The molecule has 0 radical (unpaired) electrons. The summed E-state index contributed by atoms with van der Waals surface area (Å²) in [6.07, 6.45) is 3.18. The lowest BCUT2D eigenvalue weighted by Gasteiger charge is -2.24. The van der Waals surface area contributed by atoms with Crippen LogP contribution >= 0.6 is 0 Å². The Morgan fingerprint density at radius 1 is 1.10 bits per heavy atom. The van der Waals surface area contributed by atoms with Gasteiger partial charge in [-0.25, -0.2) is 4.79 Å². The minimum absolute atomic E-state index is 0.0432. The van der Waals surface area contributed by atoms with E-state index in [9.17, 15) is 19.5 Å². The molecule has 1 heterocycles. The van der Waals surface area contributed by atoms with Crippen molar-refractivity contribution in [2.24, 2.45) is 12.5 Å². The molecule has 158 valence electrons. The Morgan fingerprint density at radius 2 is 1.76 bits per heavy atom. The predicted molar refractivity (Wildman–Crippen MR) is 112 cm³/mol. The molecular formula is C22H31N3O4. The van der Waals surface area contributed by atoms with Gasteiger partial charge in [0.15, 0.2) is 0 Å². The van der Waals surface area contributed by atoms with Crippen LogP contribution in [0.1, 0.15) is 46.1 Å². The molecule has 2 rings (SSSR count). The molecule has 0 aliphatic carbocycles. The molecule has 0 bridgehead atoms. The molecule has 0 spiro atoms. The molecule has 2 unspecified atom stereocenters. The summed E-state index contributed by atoms with van der Waals surface area (Å²) in [4.78, 5) is 36.2. The molecule has 0 fully saturated rings. The Balaban J connectivity index is 2.20. The minimum Gasteiger partial charge on any atom is -0.480 e. The molecule has 7 nitrogen and oxygen atoms in total. The van der Waals surface area contributed by atoms with Gasteiger partial charge in [0, 0.05) is 37.5 Å². The van der Waals surface area contributed by atoms with Crippen molar-refractivity contribution in [3.63, 3.8) is 0 Å². The second-order valence-electron chi connectivity index (χ2n) is 8.74. The zero-order chi connectivity index (χ0) is 21.8. The average molecular weight is 402 g/mol. The number of carboxylic acid groups (broad SMARTS) is 1. The van der Waals surface area contributed by atoms with E-state index in [1.54, 1.807) is 0 Å². The van der Waals surface area contributed by atoms with Gasteiger partial charge in [0.05, 0.1) is 0 Å². The van der Waals surface area contributed by atoms with Crippen LogP contribution < -0.4 is 10.6 Å². The van der Waals surface area contributed by atoms with E-state index in [1.807, 2.05) is 62.8 Å². The van der Waals surface area contributed by atoms with Gasteiger partial charge >= 0.3 is 5.97 Å². The maximum Gasteiger partial charge on any atom is 0.326 e. The van der Waals surface area contributed by atoms with Crippen LogP contribution in [0, 0.1) is 5.41 Å². The van der Waals surface area contributed by atoms with Crippen molar-refractivity contribution >= 4 is 28.7 Å². The number of fused-ring (bicyclic) bond motifs is 1. The van der Waals surface area contributed by atoms with E-state index >= 15 is 0 Å². The van der Waals surface area contributed by atoms with E-state index < -0.39 is 24.0 Å². The summed E-state index contributed by atoms with van der Waals surface area (Å²) in [7, 11) is 1.92. The number of benzene rings is 1. The van der Waals surface area contributed by atoms with Crippen LogP contribution in [0.5, 0.6) is 0 Å². The highest BCUT2D eigenvalue weighted by atomic mass is 16.4. The van der Waals surface area contributed by atoms with Crippen LogP contribution in [0.4, 0.5) is 0 Å². The number of hydrogen-bond acceptors (Lipinski definition) is 3. The Kier molecular flexibility index (Phi) is 7.06.